The Balaban J connectivity index is 1.92. The van der Waals surface area contributed by atoms with Crippen molar-refractivity contribution in [1.82, 2.24) is 0 Å². The lowest BCUT2D eigenvalue weighted by Gasteiger charge is -2.13. The van der Waals surface area contributed by atoms with Gasteiger partial charge in [-0.2, -0.15) is 0 Å². The van der Waals surface area contributed by atoms with Gasteiger partial charge in [0.15, 0.2) is 0 Å². The molecule has 0 aliphatic carbocycles. The van der Waals surface area contributed by atoms with Gasteiger partial charge in [0.2, 0.25) is 0 Å². The highest BCUT2D eigenvalue weighted by atomic mass is 32.2. The first-order valence-electron chi connectivity index (χ1n) is 9.40. The molecule has 0 spiro atoms. The summed E-state index contributed by atoms with van der Waals surface area (Å²) < 4.78 is 0. The van der Waals surface area contributed by atoms with Crippen molar-refractivity contribution in [3.05, 3.63) is 117 Å². The van der Waals surface area contributed by atoms with Crippen LogP contribution in [0.2, 0.25) is 0 Å². The van der Waals surface area contributed by atoms with Crippen molar-refractivity contribution in [2.45, 2.75) is 9.79 Å². The van der Waals surface area contributed by atoms with Crippen molar-refractivity contribution in [3.63, 3.8) is 0 Å². The van der Waals surface area contributed by atoms with Crippen molar-refractivity contribution >= 4 is 23.1 Å². The largest absolute Gasteiger partial charge is 0.278 e. The SMILES string of the molecule is O=[N+]([O-])c1cccc(Sc2cccc([N+](=O)[O-])c2-c2ccccc2)c1-c1ccccc1. The normalized spacial score (nSPS) is 10.6. The molecular weight excluding hydrogens is 412 g/mol. The van der Waals surface area contributed by atoms with Gasteiger partial charge in [-0.25, -0.2) is 0 Å². The fourth-order valence-electron chi connectivity index (χ4n) is 3.42. The van der Waals surface area contributed by atoms with Crippen LogP contribution < -0.4 is 0 Å². The van der Waals surface area contributed by atoms with Gasteiger partial charge in [-0.15, -0.1) is 0 Å². The lowest BCUT2D eigenvalue weighted by atomic mass is 10.0. The van der Waals surface area contributed by atoms with Crippen LogP contribution in [-0.2, 0) is 0 Å². The highest BCUT2D eigenvalue weighted by Crippen LogP contribution is 2.46. The van der Waals surface area contributed by atoms with E-state index >= 15 is 0 Å². The molecule has 0 aliphatic heterocycles. The zero-order valence-corrected chi connectivity index (χ0v) is 17.0. The summed E-state index contributed by atoms with van der Waals surface area (Å²) in [5, 5.41) is 23.5. The molecule has 31 heavy (non-hydrogen) atoms. The fraction of sp³-hybridized carbons (Fsp3) is 0. The third-order valence-electron chi connectivity index (χ3n) is 4.75. The van der Waals surface area contributed by atoms with Crippen molar-refractivity contribution in [2.24, 2.45) is 0 Å². The van der Waals surface area contributed by atoms with E-state index in [0.29, 0.717) is 32.0 Å². The van der Waals surface area contributed by atoms with Gasteiger partial charge in [-0.1, -0.05) is 84.6 Å². The standard InChI is InChI=1S/C24H16N2O4S/c27-25(28)19-13-7-15-21(23(19)17-9-3-1-4-10-17)31-22-16-8-14-20(26(29)30)24(22)18-11-5-2-6-12-18/h1-16H. The molecule has 0 amide bonds. The molecular formula is C24H16N2O4S. The van der Waals surface area contributed by atoms with Gasteiger partial charge in [0, 0.05) is 21.9 Å². The maximum Gasteiger partial charge on any atom is 0.278 e. The zero-order chi connectivity index (χ0) is 21.8. The second kappa shape index (κ2) is 8.81. The van der Waals surface area contributed by atoms with Crippen LogP contribution >= 0.6 is 11.8 Å². The van der Waals surface area contributed by atoms with Crippen LogP contribution in [0.15, 0.2) is 107 Å². The van der Waals surface area contributed by atoms with Gasteiger partial charge in [-0.3, -0.25) is 20.2 Å². The number of rotatable bonds is 6. The molecule has 0 saturated carbocycles. The lowest BCUT2D eigenvalue weighted by Crippen LogP contribution is -1.96. The third kappa shape index (κ3) is 4.17. The Morgan fingerprint density at radius 1 is 0.516 bits per heavy atom. The van der Waals surface area contributed by atoms with Crippen LogP contribution in [0, 0.1) is 20.2 Å². The summed E-state index contributed by atoms with van der Waals surface area (Å²) in [6.45, 7) is 0. The van der Waals surface area contributed by atoms with Crippen LogP contribution in [-0.4, -0.2) is 9.85 Å². The highest BCUT2D eigenvalue weighted by molar-refractivity contribution is 7.99. The average Bonchev–Trinajstić information content (AvgIpc) is 2.80. The van der Waals surface area contributed by atoms with Crippen LogP contribution in [0.4, 0.5) is 11.4 Å². The summed E-state index contributed by atoms with van der Waals surface area (Å²) >= 11 is 1.28. The van der Waals surface area contributed by atoms with Gasteiger partial charge in [0.1, 0.15) is 0 Å². The summed E-state index contributed by atoms with van der Waals surface area (Å²) in [5.41, 5.74) is 2.38. The van der Waals surface area contributed by atoms with Gasteiger partial charge in [-0.05, 0) is 23.3 Å². The predicted molar refractivity (Wildman–Crippen MR) is 121 cm³/mol. The fourth-order valence-corrected chi connectivity index (χ4v) is 4.60. The van der Waals surface area contributed by atoms with E-state index in [1.54, 1.807) is 24.3 Å². The molecule has 0 bridgehead atoms. The molecule has 4 aromatic rings. The first-order chi connectivity index (χ1) is 15.1. The number of nitro benzene ring substituents is 2. The molecule has 152 valence electrons. The van der Waals surface area contributed by atoms with Crippen LogP contribution in [0.25, 0.3) is 22.3 Å². The van der Waals surface area contributed by atoms with Crippen LogP contribution in [0.1, 0.15) is 0 Å². The minimum atomic E-state index is -0.405. The minimum Gasteiger partial charge on any atom is -0.258 e. The molecule has 4 aromatic carbocycles. The average molecular weight is 428 g/mol. The zero-order valence-electron chi connectivity index (χ0n) is 16.2. The molecule has 0 heterocycles. The smallest absolute Gasteiger partial charge is 0.258 e. The van der Waals surface area contributed by atoms with Gasteiger partial charge < -0.3 is 0 Å². The Hall–Kier alpha value is -3.97. The first kappa shape index (κ1) is 20.3. The summed E-state index contributed by atoms with van der Waals surface area (Å²) in [5.74, 6) is 0. The Labute approximate surface area is 182 Å². The van der Waals surface area contributed by atoms with Gasteiger partial charge >= 0.3 is 0 Å². The van der Waals surface area contributed by atoms with Gasteiger partial charge in [0.25, 0.3) is 11.4 Å². The van der Waals surface area contributed by atoms with Crippen LogP contribution in [0.5, 0.6) is 0 Å². The lowest BCUT2D eigenvalue weighted by molar-refractivity contribution is -0.384. The Bertz CT molecular complexity index is 1160. The maximum absolute atomic E-state index is 11.7. The number of nitro groups is 2. The molecule has 6 nitrogen and oxygen atoms in total. The second-order valence-electron chi connectivity index (χ2n) is 6.65. The molecule has 0 fully saturated rings. The maximum atomic E-state index is 11.7. The number of nitrogens with zero attached hydrogens (tertiary/aromatic N) is 2. The number of hydrogen-bond donors (Lipinski definition) is 0. The third-order valence-corrected chi connectivity index (χ3v) is 5.87. The highest BCUT2D eigenvalue weighted by Gasteiger charge is 2.23. The summed E-state index contributed by atoms with van der Waals surface area (Å²) in [6, 6.07) is 28.1. The minimum absolute atomic E-state index is 0.0112. The quantitative estimate of drug-likeness (QED) is 0.244. The number of hydrogen-bond acceptors (Lipinski definition) is 5. The summed E-state index contributed by atoms with van der Waals surface area (Å²) in [4.78, 5) is 24.0. The van der Waals surface area contributed by atoms with E-state index in [0.717, 1.165) is 0 Å². The van der Waals surface area contributed by atoms with Crippen LogP contribution in [0.3, 0.4) is 0 Å². The number of benzene rings is 4. The van der Waals surface area contributed by atoms with Crippen molar-refractivity contribution in [1.29, 1.82) is 0 Å². The van der Waals surface area contributed by atoms with E-state index in [1.807, 2.05) is 60.7 Å². The summed E-state index contributed by atoms with van der Waals surface area (Å²) in [6.07, 6.45) is 0. The monoisotopic (exact) mass is 428 g/mol. The Morgan fingerprint density at radius 2 is 0.903 bits per heavy atom. The molecule has 0 radical (unpaired) electrons. The molecule has 0 atom stereocenters. The topological polar surface area (TPSA) is 86.3 Å². The molecule has 4 rings (SSSR count). The molecule has 0 saturated heterocycles. The van der Waals surface area contributed by atoms with Crippen molar-refractivity contribution in [2.75, 3.05) is 0 Å². The predicted octanol–water partition coefficient (Wildman–Crippen LogP) is 6.99. The molecule has 0 aromatic heterocycles. The molecule has 0 unspecified atom stereocenters. The van der Waals surface area contributed by atoms with E-state index in [2.05, 4.69) is 0 Å². The molecule has 0 N–H and O–H groups in total. The summed E-state index contributed by atoms with van der Waals surface area (Å²) in [7, 11) is 0. The Morgan fingerprint density at radius 3 is 1.26 bits per heavy atom. The Kier molecular flexibility index (Phi) is 5.77. The van der Waals surface area contributed by atoms with E-state index in [-0.39, 0.29) is 11.4 Å². The van der Waals surface area contributed by atoms with E-state index in [1.165, 1.54) is 23.9 Å². The first-order valence-corrected chi connectivity index (χ1v) is 10.2. The molecule has 7 heteroatoms. The van der Waals surface area contributed by atoms with E-state index in [4.69, 9.17) is 0 Å². The molecule has 0 aliphatic rings. The van der Waals surface area contributed by atoms with Crippen molar-refractivity contribution in [3.8, 4) is 22.3 Å². The van der Waals surface area contributed by atoms with E-state index < -0.39 is 9.85 Å². The van der Waals surface area contributed by atoms with E-state index in [9.17, 15) is 20.2 Å². The second-order valence-corrected chi connectivity index (χ2v) is 7.73. The van der Waals surface area contributed by atoms with Crippen molar-refractivity contribution < 1.29 is 9.85 Å². The van der Waals surface area contributed by atoms with Gasteiger partial charge in [0.05, 0.1) is 21.0 Å².